The molecule has 0 aliphatic rings. The van der Waals surface area contributed by atoms with Gasteiger partial charge in [-0.3, -0.25) is 0 Å². The summed E-state index contributed by atoms with van der Waals surface area (Å²) in [6.07, 6.45) is 1.51. The van der Waals surface area contributed by atoms with Crippen LogP contribution in [0.15, 0.2) is 36.5 Å². The summed E-state index contributed by atoms with van der Waals surface area (Å²) in [6, 6.07) is 7.85. The Morgan fingerprint density at radius 2 is 1.82 bits per heavy atom. The van der Waals surface area contributed by atoms with E-state index in [2.05, 4.69) is 14.9 Å². The molecule has 1 aromatic heterocycles. The summed E-state index contributed by atoms with van der Waals surface area (Å²) in [5, 5.41) is 7.33. The molecule has 1 heterocycles. The summed E-state index contributed by atoms with van der Waals surface area (Å²) >= 11 is 0. The van der Waals surface area contributed by atoms with E-state index >= 15 is 0 Å². The van der Waals surface area contributed by atoms with E-state index in [1.54, 1.807) is 18.2 Å². The van der Waals surface area contributed by atoms with Crippen molar-refractivity contribution in [3.63, 3.8) is 0 Å². The largest absolute Gasteiger partial charge is 0.435 e. The molecule has 0 amide bonds. The molecule has 0 unspecified atom stereocenters. The van der Waals surface area contributed by atoms with Gasteiger partial charge >= 0.3 is 6.61 Å². The Labute approximate surface area is 96.0 Å². The Bertz CT molecular complexity index is 502. The van der Waals surface area contributed by atoms with Crippen LogP contribution >= 0.6 is 0 Å². The third kappa shape index (κ3) is 2.66. The summed E-state index contributed by atoms with van der Waals surface area (Å²) in [5.41, 5.74) is 7.11. The second-order valence-electron chi connectivity index (χ2n) is 3.23. The number of halogens is 2. The Morgan fingerprint density at radius 3 is 2.41 bits per heavy atom. The van der Waals surface area contributed by atoms with E-state index in [1.807, 2.05) is 0 Å². The van der Waals surface area contributed by atoms with Crippen LogP contribution in [0.4, 0.5) is 14.6 Å². The number of ether oxygens (including phenoxy) is 1. The Balaban J connectivity index is 2.27. The topological polar surface area (TPSA) is 61.0 Å². The van der Waals surface area contributed by atoms with Crippen LogP contribution in [0.5, 0.6) is 5.75 Å². The van der Waals surface area contributed by atoms with Crippen molar-refractivity contribution in [1.29, 1.82) is 0 Å². The number of benzene rings is 1. The molecule has 88 valence electrons. The van der Waals surface area contributed by atoms with E-state index in [-0.39, 0.29) is 11.6 Å². The molecule has 2 N–H and O–H groups in total. The van der Waals surface area contributed by atoms with Crippen molar-refractivity contribution in [2.45, 2.75) is 6.61 Å². The number of nitrogen functional groups attached to an aromatic ring is 1. The maximum Gasteiger partial charge on any atom is 0.387 e. The average Bonchev–Trinajstić information content (AvgIpc) is 2.30. The highest BCUT2D eigenvalue weighted by atomic mass is 19.3. The van der Waals surface area contributed by atoms with Crippen molar-refractivity contribution in [3.05, 3.63) is 36.5 Å². The lowest BCUT2D eigenvalue weighted by Crippen LogP contribution is -2.01. The SMILES string of the molecule is Nc1nnccc1-c1ccc(OC(F)F)cc1. The lowest BCUT2D eigenvalue weighted by atomic mass is 10.1. The summed E-state index contributed by atoms with van der Waals surface area (Å²) in [5.74, 6) is 0.388. The Morgan fingerprint density at radius 1 is 1.12 bits per heavy atom. The van der Waals surface area contributed by atoms with Crippen molar-refractivity contribution in [2.75, 3.05) is 5.73 Å². The molecule has 0 fully saturated rings. The van der Waals surface area contributed by atoms with Crippen molar-refractivity contribution < 1.29 is 13.5 Å². The molecule has 0 saturated heterocycles. The molecular weight excluding hydrogens is 228 g/mol. The van der Waals surface area contributed by atoms with Crippen molar-refractivity contribution in [2.24, 2.45) is 0 Å². The molecule has 0 bridgehead atoms. The lowest BCUT2D eigenvalue weighted by Gasteiger charge is -2.06. The quantitative estimate of drug-likeness (QED) is 0.889. The lowest BCUT2D eigenvalue weighted by molar-refractivity contribution is -0.0498. The predicted octanol–water partition coefficient (Wildman–Crippen LogP) is 2.33. The van der Waals surface area contributed by atoms with Gasteiger partial charge in [0, 0.05) is 5.56 Å². The molecule has 0 radical (unpaired) electrons. The van der Waals surface area contributed by atoms with E-state index in [1.165, 1.54) is 18.3 Å². The number of anilines is 1. The van der Waals surface area contributed by atoms with Gasteiger partial charge in [0.1, 0.15) is 5.75 Å². The van der Waals surface area contributed by atoms with Gasteiger partial charge in [0.2, 0.25) is 0 Å². The minimum absolute atomic E-state index is 0.101. The van der Waals surface area contributed by atoms with Crippen LogP contribution in [-0.4, -0.2) is 16.8 Å². The minimum Gasteiger partial charge on any atom is -0.435 e. The highest BCUT2D eigenvalue weighted by Crippen LogP contribution is 2.25. The summed E-state index contributed by atoms with van der Waals surface area (Å²) < 4.78 is 28.1. The van der Waals surface area contributed by atoms with E-state index in [9.17, 15) is 8.78 Å². The minimum atomic E-state index is -2.83. The molecule has 6 heteroatoms. The molecule has 1 aromatic carbocycles. The van der Waals surface area contributed by atoms with Crippen LogP contribution in [0.25, 0.3) is 11.1 Å². The third-order valence-electron chi connectivity index (χ3n) is 2.14. The van der Waals surface area contributed by atoms with Gasteiger partial charge in [0.25, 0.3) is 0 Å². The maximum atomic E-state index is 11.9. The maximum absolute atomic E-state index is 11.9. The van der Waals surface area contributed by atoms with Crippen molar-refractivity contribution >= 4 is 5.82 Å². The highest BCUT2D eigenvalue weighted by Gasteiger charge is 2.06. The highest BCUT2D eigenvalue weighted by molar-refractivity contribution is 5.73. The van der Waals surface area contributed by atoms with Crippen LogP contribution in [0.1, 0.15) is 0 Å². The summed E-state index contributed by atoms with van der Waals surface area (Å²) in [4.78, 5) is 0. The Hall–Kier alpha value is -2.24. The number of nitrogens with zero attached hydrogens (tertiary/aromatic N) is 2. The monoisotopic (exact) mass is 237 g/mol. The molecule has 0 aliphatic heterocycles. The standard InChI is InChI=1S/C11H9F2N3O/c12-11(13)17-8-3-1-7(2-4-8)9-5-6-15-16-10(9)14/h1-6,11H,(H2,14,16). The predicted molar refractivity (Wildman–Crippen MR) is 58.5 cm³/mol. The molecule has 2 rings (SSSR count). The molecule has 0 aliphatic carbocycles. The number of rotatable bonds is 3. The summed E-state index contributed by atoms with van der Waals surface area (Å²) in [7, 11) is 0. The smallest absolute Gasteiger partial charge is 0.387 e. The van der Waals surface area contributed by atoms with E-state index < -0.39 is 6.61 Å². The second-order valence-corrected chi connectivity index (χ2v) is 3.23. The first kappa shape index (κ1) is 11.3. The fourth-order valence-electron chi connectivity index (χ4n) is 1.40. The van der Waals surface area contributed by atoms with Gasteiger partial charge in [-0.15, -0.1) is 5.10 Å². The number of alkyl halides is 2. The first-order valence-corrected chi connectivity index (χ1v) is 4.79. The zero-order chi connectivity index (χ0) is 12.3. The van der Waals surface area contributed by atoms with Gasteiger partial charge in [-0.05, 0) is 23.8 Å². The number of hydrogen-bond acceptors (Lipinski definition) is 4. The van der Waals surface area contributed by atoms with Gasteiger partial charge in [-0.1, -0.05) is 12.1 Å². The van der Waals surface area contributed by atoms with Gasteiger partial charge in [-0.2, -0.15) is 13.9 Å². The van der Waals surface area contributed by atoms with E-state index in [0.717, 1.165) is 5.56 Å². The number of hydrogen-bond donors (Lipinski definition) is 1. The molecule has 4 nitrogen and oxygen atoms in total. The van der Waals surface area contributed by atoms with E-state index in [0.29, 0.717) is 5.56 Å². The molecule has 0 atom stereocenters. The van der Waals surface area contributed by atoms with Gasteiger partial charge < -0.3 is 10.5 Å². The molecule has 0 saturated carbocycles. The average molecular weight is 237 g/mol. The summed E-state index contributed by atoms with van der Waals surface area (Å²) in [6.45, 7) is -2.83. The van der Waals surface area contributed by atoms with Crippen LogP contribution < -0.4 is 10.5 Å². The molecule has 0 spiro atoms. The first-order chi connectivity index (χ1) is 8.16. The fourth-order valence-corrected chi connectivity index (χ4v) is 1.40. The van der Waals surface area contributed by atoms with Gasteiger partial charge in [0.05, 0.1) is 6.20 Å². The number of aromatic nitrogens is 2. The number of nitrogens with two attached hydrogens (primary N) is 1. The fraction of sp³-hybridized carbons (Fsp3) is 0.0909. The van der Waals surface area contributed by atoms with Crippen LogP contribution in [0.2, 0.25) is 0 Å². The normalized spacial score (nSPS) is 10.5. The first-order valence-electron chi connectivity index (χ1n) is 4.79. The second kappa shape index (κ2) is 4.73. The van der Waals surface area contributed by atoms with Crippen LogP contribution in [-0.2, 0) is 0 Å². The van der Waals surface area contributed by atoms with Gasteiger partial charge in [-0.25, -0.2) is 0 Å². The molecule has 2 aromatic rings. The van der Waals surface area contributed by atoms with Crippen LogP contribution in [0, 0.1) is 0 Å². The van der Waals surface area contributed by atoms with Crippen LogP contribution in [0.3, 0.4) is 0 Å². The zero-order valence-electron chi connectivity index (χ0n) is 8.68. The van der Waals surface area contributed by atoms with Crippen molar-refractivity contribution in [3.8, 4) is 16.9 Å². The Kier molecular flexibility index (Phi) is 3.13. The molecule has 17 heavy (non-hydrogen) atoms. The zero-order valence-corrected chi connectivity index (χ0v) is 8.68. The van der Waals surface area contributed by atoms with Crippen molar-refractivity contribution in [1.82, 2.24) is 10.2 Å². The van der Waals surface area contributed by atoms with Gasteiger partial charge in [0.15, 0.2) is 5.82 Å². The third-order valence-corrected chi connectivity index (χ3v) is 2.14. The van der Waals surface area contributed by atoms with E-state index in [4.69, 9.17) is 5.73 Å². The molecular formula is C11H9F2N3O.